The summed E-state index contributed by atoms with van der Waals surface area (Å²) in [5.41, 5.74) is 4.11. The second kappa shape index (κ2) is 14.3. The van der Waals surface area contributed by atoms with Gasteiger partial charge in [0.05, 0.1) is 30.4 Å². The first-order valence-corrected chi connectivity index (χ1v) is 19.1. The third kappa shape index (κ3) is 7.81. The quantitative estimate of drug-likeness (QED) is 0.273. The highest BCUT2D eigenvalue weighted by atomic mass is 28.4. The molecule has 3 aromatic rings. The Balaban J connectivity index is 1.22. The smallest absolute Gasteiger partial charge is 0.226 e. The van der Waals surface area contributed by atoms with Gasteiger partial charge < -0.3 is 19.5 Å². The molecule has 2 N–H and O–H groups in total. The molecule has 1 unspecified atom stereocenters. The molecular formula is C34H48N4O4Si. The zero-order valence-corrected chi connectivity index (χ0v) is 26.9. The lowest BCUT2D eigenvalue weighted by atomic mass is 9.95. The van der Waals surface area contributed by atoms with Crippen molar-refractivity contribution in [3.05, 3.63) is 77.6 Å². The normalized spacial score (nSPS) is 24.1. The second-order valence-corrected chi connectivity index (χ2v) is 17.0. The summed E-state index contributed by atoms with van der Waals surface area (Å²) in [6.45, 7) is 7.68. The summed E-state index contributed by atoms with van der Waals surface area (Å²) in [5.74, 6) is 0.273. The lowest BCUT2D eigenvalue weighted by molar-refractivity contribution is -0.118. The number of aliphatic hydroxyl groups is 1. The van der Waals surface area contributed by atoms with E-state index in [0.717, 1.165) is 62.0 Å². The van der Waals surface area contributed by atoms with Gasteiger partial charge in [0, 0.05) is 36.9 Å². The van der Waals surface area contributed by atoms with Gasteiger partial charge in [-0.25, -0.2) is 0 Å². The number of hydrogen-bond donors (Lipinski definition) is 2. The zero-order valence-electron chi connectivity index (χ0n) is 25.9. The third-order valence-corrected chi connectivity index (χ3v) is 12.0. The van der Waals surface area contributed by atoms with Crippen LogP contribution in [0, 0.1) is 5.92 Å². The molecule has 43 heavy (non-hydrogen) atoms. The van der Waals surface area contributed by atoms with E-state index in [4.69, 9.17) is 4.74 Å². The third-order valence-electron chi connectivity index (χ3n) is 9.42. The maximum atomic E-state index is 12.8. The van der Waals surface area contributed by atoms with E-state index in [0.29, 0.717) is 13.0 Å². The van der Waals surface area contributed by atoms with Gasteiger partial charge in [-0.05, 0) is 74.4 Å². The Morgan fingerprint density at radius 3 is 2.58 bits per heavy atom. The van der Waals surface area contributed by atoms with Gasteiger partial charge in [0.2, 0.25) is 5.91 Å². The van der Waals surface area contributed by atoms with Crippen molar-refractivity contribution in [3.63, 3.8) is 0 Å². The molecule has 232 valence electrons. The molecule has 2 aliphatic rings. The fourth-order valence-electron chi connectivity index (χ4n) is 7.20. The van der Waals surface area contributed by atoms with Crippen LogP contribution in [-0.2, 0) is 22.5 Å². The van der Waals surface area contributed by atoms with Crippen LogP contribution in [0.2, 0.25) is 18.6 Å². The average molecular weight is 605 g/mol. The lowest BCUT2D eigenvalue weighted by Crippen LogP contribution is -2.40. The molecule has 5 atom stereocenters. The van der Waals surface area contributed by atoms with E-state index in [1.165, 1.54) is 12.0 Å². The molecule has 0 bridgehead atoms. The predicted octanol–water partition coefficient (Wildman–Crippen LogP) is 5.69. The Bertz CT molecular complexity index is 1330. The minimum absolute atomic E-state index is 0.0305. The summed E-state index contributed by atoms with van der Waals surface area (Å²) in [6, 6.07) is 18.3. The predicted molar refractivity (Wildman–Crippen MR) is 171 cm³/mol. The summed E-state index contributed by atoms with van der Waals surface area (Å²) in [6.07, 6.45) is 9.41. The van der Waals surface area contributed by atoms with Crippen molar-refractivity contribution in [1.82, 2.24) is 15.0 Å². The van der Waals surface area contributed by atoms with Crippen LogP contribution in [0.4, 0.5) is 5.69 Å². The second-order valence-electron chi connectivity index (χ2n) is 13.0. The molecule has 0 aliphatic carbocycles. The van der Waals surface area contributed by atoms with Crippen LogP contribution in [0.3, 0.4) is 0 Å². The highest BCUT2D eigenvalue weighted by Crippen LogP contribution is 2.45. The molecule has 0 spiro atoms. The molecule has 3 heterocycles. The number of aryl methyl sites for hydroxylation is 2. The highest BCUT2D eigenvalue weighted by Gasteiger charge is 2.49. The number of carbonyl (C=O) groups is 1. The molecule has 2 saturated heterocycles. The van der Waals surface area contributed by atoms with E-state index in [1.807, 2.05) is 59.2 Å². The molecule has 1 aromatic heterocycles. The maximum absolute atomic E-state index is 12.8. The molecule has 5 rings (SSSR count). The van der Waals surface area contributed by atoms with E-state index in [1.54, 1.807) is 0 Å². The number of hydrogen-bond acceptors (Lipinski definition) is 6. The molecule has 8 nitrogen and oxygen atoms in total. The molecular weight excluding hydrogens is 556 g/mol. The van der Waals surface area contributed by atoms with Crippen molar-refractivity contribution in [2.24, 2.45) is 5.92 Å². The summed E-state index contributed by atoms with van der Waals surface area (Å²) < 4.78 is 8.54. The van der Waals surface area contributed by atoms with Gasteiger partial charge >= 0.3 is 0 Å². The minimum atomic E-state index is -2.50. The standard InChI is InChI=1S/C34H48N4O4Si/c1-25-31(18-17-26-12-11-15-28(22-26)38-20-10-5-4-9-16-33(38)40)42-32(34(25)43(2,3)41)19-21-37-23-30(35-36-37)29(24-39)27-13-7-6-8-14-27/h6-8,11-15,22-23,25,29,31-32,34,39,41H,4-5,9-10,16-21,24H2,1-3H3/t25-,29?,31+,32-,34+/m1/s1. The SMILES string of the molecule is C[C@H]1[C@H]([Si](C)(C)O)[C@@H](CCn2cc(C(CO)c3ccccc3)nn2)O[C@H]1CCc1cccc(N2CCCCCCC2=O)c1. The summed E-state index contributed by atoms with van der Waals surface area (Å²) in [5, 5.41) is 18.8. The van der Waals surface area contributed by atoms with Gasteiger partial charge in [-0.15, -0.1) is 5.10 Å². The van der Waals surface area contributed by atoms with Crippen LogP contribution < -0.4 is 4.90 Å². The first-order chi connectivity index (χ1) is 20.7. The number of benzene rings is 2. The number of rotatable bonds is 11. The van der Waals surface area contributed by atoms with Crippen molar-refractivity contribution in [2.75, 3.05) is 18.1 Å². The molecule has 0 radical (unpaired) electrons. The van der Waals surface area contributed by atoms with Gasteiger partial charge in [0.25, 0.3) is 0 Å². The number of carbonyl (C=O) groups excluding carboxylic acids is 1. The molecule has 2 fully saturated rings. The van der Waals surface area contributed by atoms with Crippen molar-refractivity contribution in [3.8, 4) is 0 Å². The zero-order chi connectivity index (χ0) is 30.4. The van der Waals surface area contributed by atoms with E-state index in [9.17, 15) is 14.7 Å². The Morgan fingerprint density at radius 1 is 1.02 bits per heavy atom. The minimum Gasteiger partial charge on any atom is -0.432 e. The largest absolute Gasteiger partial charge is 0.432 e. The van der Waals surface area contributed by atoms with E-state index in [2.05, 4.69) is 41.5 Å². The number of nitrogens with zero attached hydrogens (tertiary/aromatic N) is 4. The van der Waals surface area contributed by atoms with Crippen LogP contribution in [-0.4, -0.2) is 64.5 Å². The molecule has 9 heteroatoms. The number of anilines is 1. The number of ether oxygens (including phenoxy) is 1. The number of aliphatic hydroxyl groups excluding tert-OH is 1. The first kappa shape index (κ1) is 31.6. The summed E-state index contributed by atoms with van der Waals surface area (Å²) in [4.78, 5) is 26.1. The Hall–Kier alpha value is -2.85. The van der Waals surface area contributed by atoms with Gasteiger partial charge in [-0.3, -0.25) is 9.48 Å². The molecule has 0 saturated carbocycles. The van der Waals surface area contributed by atoms with Crippen LogP contribution in [0.25, 0.3) is 0 Å². The average Bonchev–Trinajstić information content (AvgIpc) is 3.58. The number of amides is 1. The van der Waals surface area contributed by atoms with E-state index >= 15 is 0 Å². The molecule has 2 aliphatic heterocycles. The van der Waals surface area contributed by atoms with Crippen LogP contribution in [0.1, 0.15) is 74.6 Å². The Morgan fingerprint density at radius 2 is 1.81 bits per heavy atom. The van der Waals surface area contributed by atoms with Gasteiger partial charge in [-0.2, -0.15) is 0 Å². The van der Waals surface area contributed by atoms with Crippen molar-refractivity contribution in [1.29, 1.82) is 0 Å². The van der Waals surface area contributed by atoms with E-state index < -0.39 is 8.32 Å². The number of aromatic nitrogens is 3. The fraction of sp³-hybridized carbons (Fsp3) is 0.559. The van der Waals surface area contributed by atoms with Gasteiger partial charge in [0.1, 0.15) is 0 Å². The summed E-state index contributed by atoms with van der Waals surface area (Å²) >= 11 is 0. The van der Waals surface area contributed by atoms with E-state index in [-0.39, 0.29) is 42.1 Å². The van der Waals surface area contributed by atoms with Crippen molar-refractivity contribution >= 4 is 19.9 Å². The topological polar surface area (TPSA) is 101 Å². The maximum Gasteiger partial charge on any atom is 0.226 e. The van der Waals surface area contributed by atoms with Gasteiger partial charge in [-0.1, -0.05) is 67.4 Å². The van der Waals surface area contributed by atoms with Crippen molar-refractivity contribution < 1.29 is 19.4 Å². The van der Waals surface area contributed by atoms with Crippen LogP contribution >= 0.6 is 0 Å². The monoisotopic (exact) mass is 604 g/mol. The van der Waals surface area contributed by atoms with Crippen LogP contribution in [0.5, 0.6) is 0 Å². The first-order valence-electron chi connectivity index (χ1n) is 16.1. The lowest BCUT2D eigenvalue weighted by Gasteiger charge is -2.30. The fourth-order valence-corrected chi connectivity index (χ4v) is 9.85. The van der Waals surface area contributed by atoms with Gasteiger partial charge in [0.15, 0.2) is 8.32 Å². The summed E-state index contributed by atoms with van der Waals surface area (Å²) in [7, 11) is -2.50. The highest BCUT2D eigenvalue weighted by molar-refractivity contribution is 6.71. The molecule has 1 amide bonds. The van der Waals surface area contributed by atoms with Crippen molar-refractivity contribution in [2.45, 2.75) is 102 Å². The Labute approximate surface area is 257 Å². The Kier molecular flexibility index (Phi) is 10.5. The van der Waals surface area contributed by atoms with Crippen LogP contribution in [0.15, 0.2) is 60.8 Å². The molecule has 2 aromatic carbocycles.